The maximum absolute atomic E-state index is 12.5. The zero-order valence-electron chi connectivity index (χ0n) is 22.2. The molecule has 3 aromatic rings. The Hall–Kier alpha value is -3.15. The van der Waals surface area contributed by atoms with E-state index in [-0.39, 0.29) is 11.9 Å². The molecule has 0 aromatic heterocycles. The minimum absolute atomic E-state index is 0.0667. The fourth-order valence-electron chi connectivity index (χ4n) is 4.82. The number of halogens is 1. The van der Waals surface area contributed by atoms with Crippen molar-refractivity contribution in [3.05, 3.63) is 89.4 Å². The van der Waals surface area contributed by atoms with Crippen molar-refractivity contribution in [3.63, 3.8) is 0 Å². The SMILES string of the molecule is C#C.CN1CC(=O)NC[C@@H]1c1ccccc1.O=S(=O)(NC1CCCCC1)c1ccc(-c2ccccc2Cl)cc1. The van der Waals surface area contributed by atoms with Crippen LogP contribution in [0.1, 0.15) is 43.7 Å². The molecule has 1 heterocycles. The van der Waals surface area contributed by atoms with Crippen LogP contribution < -0.4 is 10.0 Å². The van der Waals surface area contributed by atoms with Gasteiger partial charge in [0.1, 0.15) is 0 Å². The molecule has 2 fully saturated rings. The molecule has 39 heavy (non-hydrogen) atoms. The third kappa shape index (κ3) is 8.67. The molecule has 0 bridgehead atoms. The second-order valence-electron chi connectivity index (χ2n) is 9.61. The summed E-state index contributed by atoms with van der Waals surface area (Å²) < 4.78 is 27.8. The molecule has 1 amide bonds. The van der Waals surface area contributed by atoms with E-state index < -0.39 is 10.0 Å². The monoisotopic (exact) mass is 565 g/mol. The van der Waals surface area contributed by atoms with Crippen LogP contribution in [0.5, 0.6) is 0 Å². The van der Waals surface area contributed by atoms with E-state index in [1.165, 1.54) is 12.0 Å². The van der Waals surface area contributed by atoms with Crippen LogP contribution in [0, 0.1) is 12.8 Å². The number of sulfonamides is 1. The predicted molar refractivity (Wildman–Crippen MR) is 159 cm³/mol. The van der Waals surface area contributed by atoms with Gasteiger partial charge in [-0.2, -0.15) is 0 Å². The molecule has 1 aliphatic carbocycles. The first-order valence-electron chi connectivity index (χ1n) is 13.1. The quantitative estimate of drug-likeness (QED) is 0.391. The Bertz CT molecular complexity index is 1320. The number of benzene rings is 3. The van der Waals surface area contributed by atoms with Crippen molar-refractivity contribution in [3.8, 4) is 24.0 Å². The van der Waals surface area contributed by atoms with Gasteiger partial charge in [-0.3, -0.25) is 9.69 Å². The summed E-state index contributed by atoms with van der Waals surface area (Å²) in [6, 6.07) is 25.1. The summed E-state index contributed by atoms with van der Waals surface area (Å²) in [5, 5.41) is 3.54. The van der Waals surface area contributed by atoms with Crippen molar-refractivity contribution in [2.24, 2.45) is 0 Å². The number of hydrogen-bond acceptors (Lipinski definition) is 4. The Morgan fingerprint density at radius 1 is 0.897 bits per heavy atom. The standard InChI is InChI=1S/C18H20ClNO2S.C11H14N2O.C2H2/c19-18-9-5-4-8-17(18)14-10-12-16(13-11-14)23(21,22)20-15-6-2-1-3-7-15;1-13-8-11(14)12-7-10(13)9-5-3-2-4-6-9;1-2/h4-5,8-13,15,20H,1-3,6-7H2;2-6,10H,7-8H2,1H3,(H,12,14);1-2H/t;10-;/m.1./s1. The van der Waals surface area contributed by atoms with E-state index in [1.807, 2.05) is 49.5 Å². The molecule has 1 atom stereocenters. The maximum atomic E-state index is 12.5. The van der Waals surface area contributed by atoms with Gasteiger partial charge in [0.25, 0.3) is 0 Å². The second kappa shape index (κ2) is 14.9. The van der Waals surface area contributed by atoms with E-state index in [9.17, 15) is 13.2 Å². The van der Waals surface area contributed by atoms with Crippen molar-refractivity contribution in [1.82, 2.24) is 14.9 Å². The summed E-state index contributed by atoms with van der Waals surface area (Å²) in [5.74, 6) is 0.111. The molecule has 5 rings (SSSR count). The van der Waals surface area contributed by atoms with E-state index in [0.29, 0.717) is 29.0 Å². The van der Waals surface area contributed by atoms with Crippen molar-refractivity contribution in [2.75, 3.05) is 20.1 Å². The Morgan fingerprint density at radius 3 is 2.13 bits per heavy atom. The number of piperazine rings is 1. The lowest BCUT2D eigenvalue weighted by molar-refractivity contribution is -0.125. The van der Waals surface area contributed by atoms with Crippen LogP contribution in [0.15, 0.2) is 83.8 Å². The molecule has 1 aliphatic heterocycles. The zero-order chi connectivity index (χ0) is 28.3. The smallest absolute Gasteiger partial charge is 0.240 e. The van der Waals surface area contributed by atoms with Crippen LogP contribution >= 0.6 is 11.6 Å². The average molecular weight is 566 g/mol. The van der Waals surface area contributed by atoms with Gasteiger partial charge in [0.05, 0.1) is 17.5 Å². The molecule has 2 N–H and O–H groups in total. The number of rotatable bonds is 5. The van der Waals surface area contributed by atoms with Gasteiger partial charge in [-0.25, -0.2) is 13.1 Å². The first-order valence-corrected chi connectivity index (χ1v) is 14.9. The summed E-state index contributed by atoms with van der Waals surface area (Å²) in [7, 11) is -1.47. The Kier molecular flexibility index (Phi) is 11.6. The fraction of sp³-hybridized carbons (Fsp3) is 0.323. The van der Waals surface area contributed by atoms with E-state index in [2.05, 4.69) is 39.9 Å². The topological polar surface area (TPSA) is 78.5 Å². The molecule has 1 saturated carbocycles. The van der Waals surface area contributed by atoms with Crippen LogP contribution in [0.3, 0.4) is 0 Å². The van der Waals surface area contributed by atoms with Gasteiger partial charge in [-0.15, -0.1) is 12.8 Å². The first kappa shape index (κ1) is 30.4. The van der Waals surface area contributed by atoms with Gasteiger partial charge < -0.3 is 5.32 Å². The van der Waals surface area contributed by atoms with E-state index in [4.69, 9.17) is 11.6 Å². The second-order valence-corrected chi connectivity index (χ2v) is 11.7. The van der Waals surface area contributed by atoms with Gasteiger partial charge in [0.2, 0.25) is 15.9 Å². The van der Waals surface area contributed by atoms with Crippen LogP contribution in [0.2, 0.25) is 5.02 Å². The summed E-state index contributed by atoms with van der Waals surface area (Å²) in [6.07, 6.45) is 13.2. The van der Waals surface area contributed by atoms with Gasteiger partial charge in [0, 0.05) is 23.2 Å². The highest BCUT2D eigenvalue weighted by Crippen LogP contribution is 2.28. The molecular formula is C31H36ClN3O3S. The molecule has 3 aromatic carbocycles. The van der Waals surface area contributed by atoms with Crippen molar-refractivity contribution in [1.29, 1.82) is 0 Å². The van der Waals surface area contributed by atoms with E-state index in [1.54, 1.807) is 24.3 Å². The summed E-state index contributed by atoms with van der Waals surface area (Å²) in [6.45, 7) is 1.19. The average Bonchev–Trinajstić information content (AvgIpc) is 2.96. The number of likely N-dealkylation sites (N-methyl/N-ethyl adjacent to an activating group) is 1. The third-order valence-electron chi connectivity index (χ3n) is 6.88. The highest BCUT2D eigenvalue weighted by Gasteiger charge is 2.24. The Labute approximate surface area is 237 Å². The van der Waals surface area contributed by atoms with Crippen LogP contribution in [-0.2, 0) is 14.8 Å². The Balaban J connectivity index is 0.000000224. The molecule has 0 spiro atoms. The number of amides is 1. The fourth-order valence-corrected chi connectivity index (χ4v) is 6.37. The number of carbonyl (C=O) groups excluding carboxylic acids is 1. The number of terminal acetylenes is 1. The lowest BCUT2D eigenvalue weighted by Gasteiger charge is -2.32. The largest absolute Gasteiger partial charge is 0.353 e. The van der Waals surface area contributed by atoms with Crippen molar-refractivity contribution >= 4 is 27.5 Å². The maximum Gasteiger partial charge on any atom is 0.240 e. The van der Waals surface area contributed by atoms with Crippen LogP contribution in [-0.4, -0.2) is 45.4 Å². The van der Waals surface area contributed by atoms with E-state index in [0.717, 1.165) is 36.8 Å². The highest BCUT2D eigenvalue weighted by molar-refractivity contribution is 7.89. The lowest BCUT2D eigenvalue weighted by atomic mass is 9.96. The van der Waals surface area contributed by atoms with Crippen LogP contribution in [0.25, 0.3) is 11.1 Å². The minimum atomic E-state index is -3.45. The molecule has 206 valence electrons. The molecule has 2 aliphatic rings. The van der Waals surface area contributed by atoms with Gasteiger partial charge >= 0.3 is 0 Å². The molecule has 0 radical (unpaired) electrons. The Morgan fingerprint density at radius 2 is 1.51 bits per heavy atom. The number of hydrogen-bond donors (Lipinski definition) is 2. The van der Waals surface area contributed by atoms with E-state index >= 15 is 0 Å². The first-order chi connectivity index (χ1) is 18.8. The summed E-state index contributed by atoms with van der Waals surface area (Å²) in [4.78, 5) is 13.5. The molecular weight excluding hydrogens is 530 g/mol. The van der Waals surface area contributed by atoms with Crippen molar-refractivity contribution in [2.45, 2.75) is 49.1 Å². The molecule has 8 heteroatoms. The number of carbonyl (C=O) groups is 1. The normalized spacial score (nSPS) is 18.1. The predicted octanol–water partition coefficient (Wildman–Crippen LogP) is 5.66. The highest BCUT2D eigenvalue weighted by atomic mass is 35.5. The lowest BCUT2D eigenvalue weighted by Crippen LogP contribution is -2.47. The molecule has 6 nitrogen and oxygen atoms in total. The number of nitrogens with zero attached hydrogens (tertiary/aromatic N) is 1. The summed E-state index contributed by atoms with van der Waals surface area (Å²) >= 11 is 6.19. The van der Waals surface area contributed by atoms with Gasteiger partial charge in [0.15, 0.2) is 0 Å². The molecule has 0 unspecified atom stereocenters. The van der Waals surface area contributed by atoms with Gasteiger partial charge in [-0.05, 0) is 49.2 Å². The van der Waals surface area contributed by atoms with Crippen molar-refractivity contribution < 1.29 is 13.2 Å². The molecule has 1 saturated heterocycles. The number of nitrogens with one attached hydrogen (secondary N) is 2. The van der Waals surface area contributed by atoms with Crippen LogP contribution in [0.4, 0.5) is 0 Å². The van der Waals surface area contributed by atoms with Gasteiger partial charge in [-0.1, -0.05) is 91.5 Å². The third-order valence-corrected chi connectivity index (χ3v) is 8.74. The summed E-state index contributed by atoms with van der Waals surface area (Å²) in [5.41, 5.74) is 3.07. The zero-order valence-corrected chi connectivity index (χ0v) is 23.8. The minimum Gasteiger partial charge on any atom is -0.353 e.